The largest absolute Gasteiger partial charge is 0.493 e. The number of nitrogens with zero attached hydrogens (tertiary/aromatic N) is 1. The van der Waals surface area contributed by atoms with Crippen molar-refractivity contribution in [3.8, 4) is 5.75 Å². The molecule has 0 spiro atoms. The smallest absolute Gasteiger partial charge is 0.319 e. The standard InChI is InChI=1S/C15H18N4O2/c20-15(19-13-8-17-18-9-13)16-7-12-3-1-2-4-14(12)21-10-11-5-6-11/h1-4,8-9,11H,5-7,10H2,(H,17,18)(H2,16,19,20). The van der Waals surface area contributed by atoms with Gasteiger partial charge in [-0.2, -0.15) is 5.10 Å². The number of ether oxygens (including phenoxy) is 1. The van der Waals surface area contributed by atoms with Crippen LogP contribution in [-0.4, -0.2) is 22.8 Å². The van der Waals surface area contributed by atoms with Crippen molar-refractivity contribution in [2.24, 2.45) is 5.92 Å². The number of aromatic nitrogens is 2. The summed E-state index contributed by atoms with van der Waals surface area (Å²) in [5.74, 6) is 1.54. The maximum absolute atomic E-state index is 11.8. The number of carbonyl (C=O) groups excluding carboxylic acids is 1. The van der Waals surface area contributed by atoms with Crippen molar-refractivity contribution >= 4 is 11.7 Å². The van der Waals surface area contributed by atoms with Crippen molar-refractivity contribution in [3.05, 3.63) is 42.2 Å². The number of aromatic amines is 1. The van der Waals surface area contributed by atoms with Crippen molar-refractivity contribution in [2.75, 3.05) is 11.9 Å². The molecule has 1 aliphatic carbocycles. The SMILES string of the molecule is O=C(NCc1ccccc1OCC1CC1)Nc1cn[nH]c1. The zero-order chi connectivity index (χ0) is 14.5. The number of anilines is 1. The van der Waals surface area contributed by atoms with Gasteiger partial charge in [-0.05, 0) is 24.8 Å². The number of H-pyrrole nitrogens is 1. The van der Waals surface area contributed by atoms with Gasteiger partial charge < -0.3 is 15.4 Å². The number of benzene rings is 1. The van der Waals surface area contributed by atoms with Crippen LogP contribution in [0.1, 0.15) is 18.4 Å². The van der Waals surface area contributed by atoms with Crippen LogP contribution in [0.5, 0.6) is 5.75 Å². The highest BCUT2D eigenvalue weighted by Gasteiger charge is 2.22. The van der Waals surface area contributed by atoms with Gasteiger partial charge in [0.25, 0.3) is 0 Å². The van der Waals surface area contributed by atoms with Crippen molar-refractivity contribution in [1.82, 2.24) is 15.5 Å². The fraction of sp³-hybridized carbons (Fsp3) is 0.333. The molecule has 1 aromatic heterocycles. The highest BCUT2D eigenvalue weighted by molar-refractivity contribution is 5.88. The molecule has 0 unspecified atom stereocenters. The molecule has 3 rings (SSSR count). The summed E-state index contributed by atoms with van der Waals surface area (Å²) in [6, 6.07) is 7.51. The van der Waals surface area contributed by atoms with E-state index in [1.165, 1.54) is 12.8 Å². The Hall–Kier alpha value is -2.50. The molecular weight excluding hydrogens is 268 g/mol. The summed E-state index contributed by atoms with van der Waals surface area (Å²) in [5, 5.41) is 11.9. The minimum absolute atomic E-state index is 0.270. The Morgan fingerprint density at radius 1 is 1.38 bits per heavy atom. The summed E-state index contributed by atoms with van der Waals surface area (Å²) < 4.78 is 5.81. The van der Waals surface area contributed by atoms with Gasteiger partial charge in [0.05, 0.1) is 18.5 Å². The fourth-order valence-corrected chi connectivity index (χ4v) is 1.95. The van der Waals surface area contributed by atoms with E-state index in [4.69, 9.17) is 4.74 Å². The van der Waals surface area contributed by atoms with Crippen molar-refractivity contribution in [3.63, 3.8) is 0 Å². The predicted octanol–water partition coefficient (Wildman–Crippen LogP) is 2.52. The maximum Gasteiger partial charge on any atom is 0.319 e. The molecule has 0 saturated heterocycles. The number of urea groups is 1. The van der Waals surface area contributed by atoms with E-state index in [0.717, 1.165) is 17.9 Å². The zero-order valence-corrected chi connectivity index (χ0v) is 11.6. The number of carbonyl (C=O) groups is 1. The van der Waals surface area contributed by atoms with Gasteiger partial charge in [-0.3, -0.25) is 5.10 Å². The van der Waals surface area contributed by atoms with E-state index in [1.54, 1.807) is 12.4 Å². The number of hydrogen-bond donors (Lipinski definition) is 3. The van der Waals surface area contributed by atoms with Gasteiger partial charge in [-0.1, -0.05) is 18.2 Å². The van der Waals surface area contributed by atoms with E-state index in [1.807, 2.05) is 24.3 Å². The molecule has 2 amide bonds. The first-order chi connectivity index (χ1) is 10.3. The lowest BCUT2D eigenvalue weighted by atomic mass is 10.2. The molecule has 1 aromatic carbocycles. The molecule has 0 bridgehead atoms. The van der Waals surface area contributed by atoms with Crippen LogP contribution < -0.4 is 15.4 Å². The van der Waals surface area contributed by atoms with Gasteiger partial charge in [-0.25, -0.2) is 4.79 Å². The Labute approximate surface area is 122 Å². The van der Waals surface area contributed by atoms with Crippen molar-refractivity contribution in [1.29, 1.82) is 0 Å². The summed E-state index contributed by atoms with van der Waals surface area (Å²) in [4.78, 5) is 11.8. The molecule has 0 aliphatic heterocycles. The normalized spacial score (nSPS) is 13.7. The third-order valence-electron chi connectivity index (χ3n) is 3.34. The summed E-state index contributed by atoms with van der Waals surface area (Å²) in [7, 11) is 0. The first kappa shape index (κ1) is 13.5. The molecule has 1 fully saturated rings. The average molecular weight is 286 g/mol. The number of nitrogens with one attached hydrogen (secondary N) is 3. The van der Waals surface area contributed by atoms with Crippen molar-refractivity contribution < 1.29 is 9.53 Å². The average Bonchev–Trinajstić information content (AvgIpc) is 3.20. The molecule has 1 heterocycles. The second-order valence-corrected chi connectivity index (χ2v) is 5.16. The molecule has 6 nitrogen and oxygen atoms in total. The predicted molar refractivity (Wildman–Crippen MR) is 79.1 cm³/mol. The third-order valence-corrected chi connectivity index (χ3v) is 3.34. The molecule has 3 N–H and O–H groups in total. The summed E-state index contributed by atoms with van der Waals surface area (Å²) in [6.45, 7) is 1.18. The minimum atomic E-state index is -0.270. The minimum Gasteiger partial charge on any atom is -0.493 e. The van der Waals surface area contributed by atoms with E-state index >= 15 is 0 Å². The first-order valence-electron chi connectivity index (χ1n) is 7.05. The fourth-order valence-electron chi connectivity index (χ4n) is 1.95. The van der Waals surface area contributed by atoms with Gasteiger partial charge in [0.2, 0.25) is 0 Å². The molecule has 0 radical (unpaired) electrons. The van der Waals surface area contributed by atoms with Crippen LogP contribution in [0.3, 0.4) is 0 Å². The van der Waals surface area contributed by atoms with Crippen LogP contribution >= 0.6 is 0 Å². The Kier molecular flexibility index (Phi) is 4.04. The summed E-state index contributed by atoms with van der Waals surface area (Å²) in [5.41, 5.74) is 1.60. The van der Waals surface area contributed by atoms with Crippen LogP contribution in [0.25, 0.3) is 0 Å². The Morgan fingerprint density at radius 2 is 2.24 bits per heavy atom. The number of rotatable bonds is 6. The topological polar surface area (TPSA) is 79.0 Å². The third kappa shape index (κ3) is 3.98. The molecule has 1 saturated carbocycles. The van der Waals surface area contributed by atoms with Gasteiger partial charge in [0, 0.05) is 18.3 Å². The monoisotopic (exact) mass is 286 g/mol. The highest BCUT2D eigenvalue weighted by Crippen LogP contribution is 2.30. The first-order valence-corrected chi connectivity index (χ1v) is 7.05. The highest BCUT2D eigenvalue weighted by atomic mass is 16.5. The van der Waals surface area contributed by atoms with Gasteiger partial charge >= 0.3 is 6.03 Å². The Bertz CT molecular complexity index is 593. The number of amides is 2. The van der Waals surface area contributed by atoms with E-state index in [0.29, 0.717) is 18.2 Å². The quantitative estimate of drug-likeness (QED) is 0.763. The van der Waals surface area contributed by atoms with Gasteiger partial charge in [-0.15, -0.1) is 0 Å². The molecule has 6 heteroatoms. The molecule has 110 valence electrons. The second-order valence-electron chi connectivity index (χ2n) is 5.16. The van der Waals surface area contributed by atoms with Crippen LogP contribution in [0.2, 0.25) is 0 Å². The molecule has 21 heavy (non-hydrogen) atoms. The maximum atomic E-state index is 11.8. The lowest BCUT2D eigenvalue weighted by molar-refractivity contribution is 0.251. The van der Waals surface area contributed by atoms with E-state index in [-0.39, 0.29) is 6.03 Å². The van der Waals surface area contributed by atoms with Crippen LogP contribution in [0, 0.1) is 5.92 Å². The van der Waals surface area contributed by atoms with E-state index in [9.17, 15) is 4.79 Å². The van der Waals surface area contributed by atoms with Crippen molar-refractivity contribution in [2.45, 2.75) is 19.4 Å². The lowest BCUT2D eigenvalue weighted by Crippen LogP contribution is -2.28. The van der Waals surface area contributed by atoms with E-state index < -0.39 is 0 Å². The Balaban J connectivity index is 1.52. The van der Waals surface area contributed by atoms with Gasteiger partial charge in [0.15, 0.2) is 0 Å². The Morgan fingerprint density at radius 3 is 3.00 bits per heavy atom. The summed E-state index contributed by atoms with van der Waals surface area (Å²) in [6.07, 6.45) is 5.68. The second kappa shape index (κ2) is 6.30. The molecule has 2 aromatic rings. The molecular formula is C15H18N4O2. The lowest BCUT2D eigenvalue weighted by Gasteiger charge is -2.12. The van der Waals surface area contributed by atoms with Crippen LogP contribution in [0.15, 0.2) is 36.7 Å². The summed E-state index contributed by atoms with van der Waals surface area (Å²) >= 11 is 0. The zero-order valence-electron chi connectivity index (χ0n) is 11.6. The van der Waals surface area contributed by atoms with Crippen LogP contribution in [-0.2, 0) is 6.54 Å². The molecule has 1 aliphatic rings. The number of hydrogen-bond acceptors (Lipinski definition) is 3. The van der Waals surface area contributed by atoms with Gasteiger partial charge in [0.1, 0.15) is 5.75 Å². The molecule has 0 atom stereocenters. The van der Waals surface area contributed by atoms with E-state index in [2.05, 4.69) is 20.8 Å². The van der Waals surface area contributed by atoms with Crippen LogP contribution in [0.4, 0.5) is 10.5 Å². The number of para-hydroxylation sites is 1.